The Balaban J connectivity index is 2.03. The van der Waals surface area contributed by atoms with Gasteiger partial charge in [0.2, 0.25) is 5.91 Å². The minimum atomic E-state index is -0.366. The fourth-order valence-corrected chi connectivity index (χ4v) is 1.27. The van der Waals surface area contributed by atoms with Crippen LogP contribution in [-0.4, -0.2) is 17.9 Å². The lowest BCUT2D eigenvalue weighted by Crippen LogP contribution is -2.63. The molecule has 1 heterocycles. The summed E-state index contributed by atoms with van der Waals surface area (Å²) in [4.78, 5) is 21.2. The van der Waals surface area contributed by atoms with Crippen LogP contribution in [0.3, 0.4) is 0 Å². The zero-order valence-corrected chi connectivity index (χ0v) is 5.96. The highest BCUT2D eigenvalue weighted by Gasteiger charge is 2.49. The number of rotatable bonds is 1. The largest absolute Gasteiger partial charge is 0.431 e. The van der Waals surface area contributed by atoms with Gasteiger partial charge in [-0.05, 0) is 6.08 Å². The lowest BCUT2D eigenvalue weighted by molar-refractivity contribution is -0.144. The monoisotopic (exact) mass is 153 g/mol. The van der Waals surface area contributed by atoms with E-state index in [1.54, 1.807) is 6.08 Å². The van der Waals surface area contributed by atoms with E-state index in [1.807, 2.05) is 0 Å². The number of nitrogens with one attached hydrogen (secondary N) is 1. The van der Waals surface area contributed by atoms with Gasteiger partial charge in [0.25, 0.3) is 0 Å². The van der Waals surface area contributed by atoms with E-state index in [0.29, 0.717) is 5.76 Å². The molecule has 2 unspecified atom stereocenters. The van der Waals surface area contributed by atoms with Crippen LogP contribution < -0.4 is 5.32 Å². The molecule has 0 aromatic rings. The number of hydrogen-bond donors (Lipinski definition) is 1. The molecule has 58 valence electrons. The second-order valence-electron chi connectivity index (χ2n) is 2.67. The predicted molar refractivity (Wildman–Crippen MR) is 35.3 cm³/mol. The molecule has 0 saturated carbocycles. The van der Waals surface area contributed by atoms with E-state index < -0.39 is 0 Å². The normalized spacial score (nSPS) is 32.1. The van der Waals surface area contributed by atoms with Crippen LogP contribution in [0.25, 0.3) is 0 Å². The van der Waals surface area contributed by atoms with Crippen molar-refractivity contribution >= 4 is 11.9 Å². The smallest absolute Gasteiger partial charge is 0.307 e. The molecule has 0 aromatic heterocycles. The van der Waals surface area contributed by atoms with E-state index >= 15 is 0 Å². The first-order valence-electron chi connectivity index (χ1n) is 3.39. The van der Waals surface area contributed by atoms with Gasteiger partial charge in [0.1, 0.15) is 11.7 Å². The summed E-state index contributed by atoms with van der Waals surface area (Å²) in [6.07, 6.45) is 1.74. The van der Waals surface area contributed by atoms with Gasteiger partial charge in [-0.25, -0.2) is 0 Å². The molecule has 2 atom stereocenters. The molecule has 1 N–H and O–H groups in total. The maximum atomic E-state index is 10.7. The number of carbonyl (C=O) groups excluding carboxylic acids is 2. The zero-order valence-electron chi connectivity index (χ0n) is 5.96. The Labute approximate surface area is 63.2 Å². The third-order valence-corrected chi connectivity index (χ3v) is 1.86. The highest BCUT2D eigenvalue weighted by atomic mass is 16.5. The van der Waals surface area contributed by atoms with E-state index in [4.69, 9.17) is 4.74 Å². The average Bonchev–Trinajstić information content (AvgIpc) is 1.82. The van der Waals surface area contributed by atoms with Crippen LogP contribution in [0.15, 0.2) is 11.8 Å². The van der Waals surface area contributed by atoms with Gasteiger partial charge in [0.05, 0.1) is 6.04 Å². The van der Waals surface area contributed by atoms with Crippen molar-refractivity contribution in [1.82, 2.24) is 5.32 Å². The average molecular weight is 153 g/mol. The topological polar surface area (TPSA) is 55.4 Å². The second kappa shape index (κ2) is 1.84. The van der Waals surface area contributed by atoms with Crippen molar-refractivity contribution in [2.75, 3.05) is 0 Å². The second-order valence-corrected chi connectivity index (χ2v) is 2.67. The van der Waals surface area contributed by atoms with Crippen molar-refractivity contribution < 1.29 is 14.3 Å². The van der Waals surface area contributed by atoms with Crippen LogP contribution in [0.1, 0.15) is 6.92 Å². The summed E-state index contributed by atoms with van der Waals surface area (Å²) in [5, 5.41) is 2.64. The number of fused-ring (bicyclic) bond motifs is 1. The Morgan fingerprint density at radius 2 is 2.45 bits per heavy atom. The van der Waals surface area contributed by atoms with E-state index in [2.05, 4.69) is 5.32 Å². The summed E-state index contributed by atoms with van der Waals surface area (Å²) in [6, 6.07) is 0.122. The summed E-state index contributed by atoms with van der Waals surface area (Å²) < 4.78 is 4.75. The lowest BCUT2D eigenvalue weighted by atomic mass is 9.79. The van der Waals surface area contributed by atoms with Crippen LogP contribution >= 0.6 is 0 Å². The van der Waals surface area contributed by atoms with E-state index in [0.717, 1.165) is 0 Å². The van der Waals surface area contributed by atoms with E-state index in [9.17, 15) is 9.59 Å². The molecular weight excluding hydrogens is 146 g/mol. The first-order chi connectivity index (χ1) is 5.18. The van der Waals surface area contributed by atoms with E-state index in [-0.39, 0.29) is 23.8 Å². The highest BCUT2D eigenvalue weighted by molar-refractivity contribution is 5.92. The Morgan fingerprint density at radius 1 is 1.73 bits per heavy atom. The van der Waals surface area contributed by atoms with Gasteiger partial charge in [0.15, 0.2) is 0 Å². The van der Waals surface area contributed by atoms with Crippen LogP contribution in [0.4, 0.5) is 0 Å². The number of esters is 1. The van der Waals surface area contributed by atoms with E-state index in [1.165, 1.54) is 6.92 Å². The number of β-lactam (4-membered cyclic amide) rings is 1. The van der Waals surface area contributed by atoms with Gasteiger partial charge in [0, 0.05) is 6.92 Å². The first kappa shape index (κ1) is 6.39. The number of hydrogen-bond acceptors (Lipinski definition) is 3. The van der Waals surface area contributed by atoms with Gasteiger partial charge in [-0.3, -0.25) is 9.59 Å². The lowest BCUT2D eigenvalue weighted by Gasteiger charge is -2.42. The third-order valence-electron chi connectivity index (χ3n) is 1.86. The van der Waals surface area contributed by atoms with Crippen molar-refractivity contribution in [3.05, 3.63) is 11.8 Å². The summed E-state index contributed by atoms with van der Waals surface area (Å²) in [7, 11) is 0. The Kier molecular flexibility index (Phi) is 1.07. The molecule has 1 fully saturated rings. The summed E-state index contributed by atoms with van der Waals surface area (Å²) in [5.74, 6) is -0.0895. The fourth-order valence-electron chi connectivity index (χ4n) is 1.27. The number of carbonyl (C=O) groups is 2. The first-order valence-corrected chi connectivity index (χ1v) is 3.39. The SMILES string of the molecule is CC(=O)OC1=CC2NC(=O)C12. The van der Waals surface area contributed by atoms with Gasteiger partial charge in [-0.1, -0.05) is 0 Å². The zero-order chi connectivity index (χ0) is 8.01. The molecular formula is C7H7NO3. The van der Waals surface area contributed by atoms with Crippen molar-refractivity contribution in [1.29, 1.82) is 0 Å². The standard InChI is InChI=1S/C7H7NO3/c1-3(9)11-5-2-4-6(5)7(10)8-4/h2,4,6H,1H3,(H,8,10). The molecule has 0 aromatic carbocycles. The number of ether oxygens (including phenoxy) is 1. The van der Waals surface area contributed by atoms with Gasteiger partial charge in [-0.2, -0.15) is 0 Å². The maximum Gasteiger partial charge on any atom is 0.307 e. The molecule has 1 saturated heterocycles. The van der Waals surface area contributed by atoms with Crippen LogP contribution in [0.5, 0.6) is 0 Å². The quantitative estimate of drug-likeness (QED) is 0.410. The highest BCUT2D eigenvalue weighted by Crippen LogP contribution is 2.35. The van der Waals surface area contributed by atoms with Crippen molar-refractivity contribution in [2.45, 2.75) is 13.0 Å². The molecule has 0 spiro atoms. The van der Waals surface area contributed by atoms with Crippen LogP contribution in [-0.2, 0) is 14.3 Å². The minimum absolute atomic E-state index is 0.0475. The van der Waals surface area contributed by atoms with Crippen LogP contribution in [0.2, 0.25) is 0 Å². The molecule has 1 aliphatic carbocycles. The van der Waals surface area contributed by atoms with Crippen molar-refractivity contribution in [3.63, 3.8) is 0 Å². The third kappa shape index (κ3) is 0.753. The molecule has 4 nitrogen and oxygen atoms in total. The summed E-state index contributed by atoms with van der Waals surface area (Å²) in [6.45, 7) is 1.32. The predicted octanol–water partition coefficient (Wildman–Crippen LogP) is -0.438. The van der Waals surface area contributed by atoms with Gasteiger partial charge in [-0.15, -0.1) is 0 Å². The molecule has 0 radical (unpaired) electrons. The van der Waals surface area contributed by atoms with Gasteiger partial charge >= 0.3 is 5.97 Å². The van der Waals surface area contributed by atoms with Crippen molar-refractivity contribution in [3.8, 4) is 0 Å². The molecule has 4 heteroatoms. The van der Waals surface area contributed by atoms with Crippen molar-refractivity contribution in [2.24, 2.45) is 5.92 Å². The summed E-state index contributed by atoms with van der Waals surface area (Å²) >= 11 is 0. The Hall–Kier alpha value is -1.32. The maximum absolute atomic E-state index is 10.7. The fraction of sp³-hybridized carbons (Fsp3) is 0.429. The Bertz CT molecular complexity index is 269. The molecule has 11 heavy (non-hydrogen) atoms. The summed E-state index contributed by atoms with van der Waals surface area (Å²) in [5.41, 5.74) is 0. The van der Waals surface area contributed by atoms with Crippen LogP contribution in [0, 0.1) is 5.92 Å². The number of amides is 1. The van der Waals surface area contributed by atoms with Gasteiger partial charge < -0.3 is 10.1 Å². The molecule has 1 amide bonds. The molecule has 2 aliphatic rings. The molecule has 2 rings (SSSR count). The molecule has 0 bridgehead atoms. The Morgan fingerprint density at radius 3 is 2.91 bits per heavy atom. The minimum Gasteiger partial charge on any atom is -0.431 e. The molecule has 1 aliphatic heterocycles.